The van der Waals surface area contributed by atoms with E-state index in [1.54, 1.807) is 60.5 Å². The maximum atomic E-state index is 13.3. The summed E-state index contributed by atoms with van der Waals surface area (Å²) in [6.07, 6.45) is 8.13. The molecule has 6 aromatic carbocycles. The monoisotopic (exact) mass is 1220 g/mol. The molecule has 0 radical (unpaired) electrons. The number of aromatic carboxylic acids is 1. The molecular formula is C66H79Cl2F2N9O7. The Morgan fingerprint density at radius 1 is 0.523 bits per heavy atom. The van der Waals surface area contributed by atoms with Crippen molar-refractivity contribution >= 4 is 53.0 Å². The summed E-state index contributed by atoms with van der Waals surface area (Å²) in [5, 5.41) is 16.5. The minimum Gasteiger partial charge on any atom is -0.478 e. The number of benzene rings is 6. The predicted molar refractivity (Wildman–Crippen MR) is 334 cm³/mol. The average molecular weight is 1220 g/mol. The molecule has 86 heavy (non-hydrogen) atoms. The van der Waals surface area contributed by atoms with E-state index in [1.165, 1.54) is 59.7 Å². The highest BCUT2D eigenvalue weighted by molar-refractivity contribution is 6.30. The lowest BCUT2D eigenvalue weighted by Gasteiger charge is -2.30. The van der Waals surface area contributed by atoms with Crippen LogP contribution in [0.1, 0.15) is 60.0 Å². The predicted octanol–water partition coefficient (Wildman–Crippen LogP) is 12.6. The Labute approximate surface area is 514 Å². The maximum absolute atomic E-state index is 13.3. The van der Waals surface area contributed by atoms with Crippen LogP contribution >= 0.6 is 23.2 Å². The number of aryl methyl sites for hydroxylation is 2. The fourth-order valence-electron chi connectivity index (χ4n) is 11.1. The van der Waals surface area contributed by atoms with Gasteiger partial charge >= 0.3 is 24.1 Å². The van der Waals surface area contributed by atoms with Crippen molar-refractivity contribution in [2.45, 2.75) is 75.5 Å². The van der Waals surface area contributed by atoms with Gasteiger partial charge in [0.15, 0.2) is 0 Å². The number of ether oxygens (including phenoxy) is 2. The van der Waals surface area contributed by atoms with Gasteiger partial charge in [-0.1, -0.05) is 47.5 Å². The number of carbonyl (C=O) groups is 4. The lowest BCUT2D eigenvalue weighted by molar-refractivity contribution is 0.0696. The summed E-state index contributed by atoms with van der Waals surface area (Å²) in [6, 6.07) is 41.4. The van der Waals surface area contributed by atoms with Crippen molar-refractivity contribution in [3.05, 3.63) is 184 Å². The summed E-state index contributed by atoms with van der Waals surface area (Å²) in [5.74, 6) is 0.456. The molecule has 0 unspecified atom stereocenters. The molecular weight excluding hydrogens is 1140 g/mol. The molecule has 458 valence electrons. The van der Waals surface area contributed by atoms with Gasteiger partial charge in [-0.15, -0.1) is 0 Å². The summed E-state index contributed by atoms with van der Waals surface area (Å²) in [6.45, 7) is 8.89. The Morgan fingerprint density at radius 2 is 0.919 bits per heavy atom. The maximum Gasteiger partial charge on any atom is 0.335 e. The Morgan fingerprint density at radius 3 is 1.35 bits per heavy atom. The SMILES string of the molecule is CN(C(=O)Nc1ccc(Oc2ccc(F)cc2)cc1)[C@H]1CCN(C(=O)N(C)[C@@H]2CCN(CCCc3ccc(Cl)cc3)C2)C1.CN[C@H]1CCN(C(=O)N(C)[C@@H]2CCN(CCCc3ccc(Cl)cc3)C2)C1.O=C(O)c1ccc(Oc2ccc(F)cc2)cc1. The van der Waals surface area contributed by atoms with Crippen molar-refractivity contribution in [1.29, 1.82) is 0 Å². The van der Waals surface area contributed by atoms with Crippen LogP contribution < -0.4 is 20.1 Å². The third kappa shape index (κ3) is 19.3. The zero-order valence-corrected chi connectivity index (χ0v) is 50.9. The van der Waals surface area contributed by atoms with Crippen LogP contribution in [0.4, 0.5) is 28.9 Å². The summed E-state index contributed by atoms with van der Waals surface area (Å²) < 4.78 is 36.9. The van der Waals surface area contributed by atoms with E-state index in [-0.39, 0.29) is 47.4 Å². The van der Waals surface area contributed by atoms with Crippen molar-refractivity contribution in [3.63, 3.8) is 0 Å². The fraction of sp³-hybridized carbons (Fsp3) is 0.394. The van der Waals surface area contributed by atoms with Crippen LogP contribution in [-0.2, 0) is 12.8 Å². The van der Waals surface area contributed by atoms with Gasteiger partial charge in [-0.25, -0.2) is 28.0 Å². The number of rotatable bonds is 18. The van der Waals surface area contributed by atoms with Crippen LogP contribution in [0, 0.1) is 11.6 Å². The number of carboxylic acid groups (broad SMARTS) is 1. The number of hydrogen-bond donors (Lipinski definition) is 3. The number of nitrogens with one attached hydrogen (secondary N) is 2. The molecule has 6 amide bonds. The van der Waals surface area contributed by atoms with E-state index in [0.29, 0.717) is 53.9 Å². The number of likely N-dealkylation sites (N-methyl/N-ethyl adjacent to an activating group) is 4. The number of hydrogen-bond acceptors (Lipinski definition) is 9. The Kier molecular flexibility index (Phi) is 23.8. The molecule has 16 nitrogen and oxygen atoms in total. The molecule has 4 fully saturated rings. The summed E-state index contributed by atoms with van der Waals surface area (Å²) in [5.41, 5.74) is 3.45. The van der Waals surface area contributed by atoms with Crippen LogP contribution in [0.2, 0.25) is 10.0 Å². The molecule has 0 saturated carbocycles. The zero-order chi connectivity index (χ0) is 61.1. The van der Waals surface area contributed by atoms with Gasteiger partial charge in [-0.3, -0.25) is 0 Å². The van der Waals surface area contributed by atoms with E-state index in [4.69, 9.17) is 37.8 Å². The first-order valence-electron chi connectivity index (χ1n) is 29.4. The molecule has 3 N–H and O–H groups in total. The lowest BCUT2D eigenvalue weighted by atomic mass is 10.1. The van der Waals surface area contributed by atoms with E-state index >= 15 is 0 Å². The molecule has 4 saturated heterocycles. The number of anilines is 1. The van der Waals surface area contributed by atoms with Gasteiger partial charge in [-0.05, 0) is 204 Å². The van der Waals surface area contributed by atoms with Crippen molar-refractivity contribution in [3.8, 4) is 23.0 Å². The van der Waals surface area contributed by atoms with E-state index in [1.807, 2.05) is 65.0 Å². The molecule has 20 heteroatoms. The molecule has 4 aliphatic rings. The van der Waals surface area contributed by atoms with Crippen LogP contribution in [-0.4, -0.2) is 181 Å². The molecule has 4 heterocycles. The highest BCUT2D eigenvalue weighted by atomic mass is 35.5. The highest BCUT2D eigenvalue weighted by Gasteiger charge is 2.36. The third-order valence-corrected chi connectivity index (χ3v) is 16.9. The molecule has 0 aromatic heterocycles. The Hall–Kier alpha value is -7.48. The van der Waals surface area contributed by atoms with Gasteiger partial charge in [0.2, 0.25) is 0 Å². The molecule has 0 spiro atoms. The van der Waals surface area contributed by atoms with Gasteiger partial charge in [0.1, 0.15) is 34.6 Å². The smallest absolute Gasteiger partial charge is 0.335 e. The minimum absolute atomic E-state index is 0.0288. The van der Waals surface area contributed by atoms with Gasteiger partial charge in [0, 0.05) is 107 Å². The molecule has 6 aromatic rings. The number of carbonyl (C=O) groups excluding carboxylic acids is 3. The van der Waals surface area contributed by atoms with E-state index < -0.39 is 5.97 Å². The van der Waals surface area contributed by atoms with Gasteiger partial charge in [0.25, 0.3) is 0 Å². The highest BCUT2D eigenvalue weighted by Crippen LogP contribution is 2.27. The average Bonchev–Trinajstić information content (AvgIpc) is 4.31. The standard InChI is InChI=1S/C33H39ClFN5O3.C20H31ClN4O.C13H9FO3/c1-37(32(41)36-27-11-15-31(16-12-27)43-30-13-9-26(35)10-14-30)29-18-21-40(23-29)33(42)38(2)28-17-20-39(22-28)19-3-4-24-5-7-25(34)8-6-24;1-22-18-9-13-25(14-18)20(26)23(2)19-10-12-24(15-19)11-3-4-16-5-7-17(21)8-6-16;14-10-3-7-12(8-4-10)17-11-5-1-9(2-6-11)13(15)16/h5-16,28-29H,3-4,17-23H2,1-2H3,(H,36,41);5-8,18-19,22H,3-4,9-15H2,1-2H3;1-8H,(H,15,16)/t28-,29+;18-,19+;/m10./s1. The summed E-state index contributed by atoms with van der Waals surface area (Å²) in [4.78, 5) is 64.0. The lowest BCUT2D eigenvalue weighted by Crippen LogP contribution is -2.48. The van der Waals surface area contributed by atoms with Crippen LogP contribution in [0.15, 0.2) is 146 Å². The molecule has 0 bridgehead atoms. The Balaban J connectivity index is 0.000000188. The van der Waals surface area contributed by atoms with E-state index in [2.05, 4.69) is 44.7 Å². The second kappa shape index (κ2) is 31.8. The second-order valence-corrected chi connectivity index (χ2v) is 23.2. The number of halogens is 4. The van der Waals surface area contributed by atoms with Crippen LogP contribution in [0.25, 0.3) is 0 Å². The third-order valence-electron chi connectivity index (χ3n) is 16.4. The first-order chi connectivity index (χ1) is 41.5. The van der Waals surface area contributed by atoms with Crippen molar-refractivity contribution in [2.24, 2.45) is 0 Å². The van der Waals surface area contributed by atoms with Gasteiger partial charge in [-0.2, -0.15) is 0 Å². The molecule has 4 atom stereocenters. The topological polar surface area (TPSA) is 154 Å². The number of likely N-dealkylation sites (tertiary alicyclic amines) is 4. The zero-order valence-electron chi connectivity index (χ0n) is 49.4. The van der Waals surface area contributed by atoms with E-state index in [0.717, 1.165) is 114 Å². The van der Waals surface area contributed by atoms with Crippen molar-refractivity contribution < 1.29 is 42.5 Å². The van der Waals surface area contributed by atoms with Crippen LogP contribution in [0.5, 0.6) is 23.0 Å². The number of amides is 6. The summed E-state index contributed by atoms with van der Waals surface area (Å²) >= 11 is 11.9. The molecule has 0 aliphatic carbocycles. The molecule has 4 aliphatic heterocycles. The first kappa shape index (κ1) is 64.5. The van der Waals surface area contributed by atoms with Crippen molar-refractivity contribution in [1.82, 2.24) is 39.6 Å². The minimum atomic E-state index is -0.988. The Bertz CT molecular complexity index is 3120. The summed E-state index contributed by atoms with van der Waals surface area (Å²) in [7, 11) is 7.61. The number of urea groups is 3. The number of nitrogens with zero attached hydrogens (tertiary/aromatic N) is 7. The normalized spacial score (nSPS) is 18.3. The van der Waals surface area contributed by atoms with Gasteiger partial charge < -0.3 is 59.5 Å². The van der Waals surface area contributed by atoms with Crippen LogP contribution in [0.3, 0.4) is 0 Å². The first-order valence-corrected chi connectivity index (χ1v) is 30.2. The van der Waals surface area contributed by atoms with Gasteiger partial charge in [0.05, 0.1) is 11.6 Å². The quantitative estimate of drug-likeness (QED) is 0.0758. The van der Waals surface area contributed by atoms with Crippen molar-refractivity contribution in [2.75, 3.05) is 99.0 Å². The molecule has 10 rings (SSSR count). The largest absolute Gasteiger partial charge is 0.478 e. The second-order valence-electron chi connectivity index (χ2n) is 22.3. The number of carboxylic acids is 1. The van der Waals surface area contributed by atoms with E-state index in [9.17, 15) is 28.0 Å². The fourth-order valence-corrected chi connectivity index (χ4v) is 11.3.